The number of nitrogens with zero attached hydrogens (tertiary/aromatic N) is 4. The van der Waals surface area contributed by atoms with Crippen molar-refractivity contribution in [1.82, 2.24) is 19.4 Å². The van der Waals surface area contributed by atoms with Gasteiger partial charge in [0.1, 0.15) is 57.1 Å². The standard InChI is InChI=1S/2C25H16ClF2N3O5S.CH4.H3P/c2*1-35-22-11-17(14-3-2-4-16(27)9-14)18(26)12-21(22)31-20-13-19(28)23(10-15(20)5-6-25(31)32)37(33,34)30-24-7-8-36-29-24;;/h2*2-13H,1H3,(H,29,30);1H4;1H3. The highest BCUT2D eigenvalue weighted by molar-refractivity contribution is 7.93. The van der Waals surface area contributed by atoms with E-state index in [2.05, 4.69) is 28.8 Å². The Morgan fingerprint density at radius 1 is 0.539 bits per heavy atom. The fraction of sp³-hybridized carbons (Fsp3) is 0.0588. The van der Waals surface area contributed by atoms with Crippen LogP contribution in [-0.2, 0) is 20.0 Å². The summed E-state index contributed by atoms with van der Waals surface area (Å²) < 4.78 is 136. The highest BCUT2D eigenvalue weighted by Crippen LogP contribution is 2.39. The van der Waals surface area contributed by atoms with Crippen molar-refractivity contribution in [2.24, 2.45) is 0 Å². The number of benzene rings is 6. The summed E-state index contributed by atoms with van der Waals surface area (Å²) in [6.45, 7) is 0. The molecule has 25 heteroatoms. The minimum Gasteiger partial charge on any atom is -0.495 e. The van der Waals surface area contributed by atoms with Crippen LogP contribution in [0.4, 0.5) is 29.2 Å². The quantitative estimate of drug-likeness (QED) is 0.0865. The van der Waals surface area contributed by atoms with E-state index in [0.717, 1.165) is 45.9 Å². The second-order valence-electron chi connectivity index (χ2n) is 15.7. The normalized spacial score (nSPS) is 11.3. The van der Waals surface area contributed by atoms with Gasteiger partial charge in [-0.05, 0) is 83.9 Å². The molecule has 76 heavy (non-hydrogen) atoms. The maximum Gasteiger partial charge on any atom is 0.266 e. The van der Waals surface area contributed by atoms with Crippen LogP contribution in [0, 0.1) is 23.3 Å². The predicted molar refractivity (Wildman–Crippen MR) is 285 cm³/mol. The molecule has 16 nitrogen and oxygen atoms in total. The van der Waals surface area contributed by atoms with Gasteiger partial charge in [0.05, 0.1) is 46.7 Å². The average molecular weight is 1140 g/mol. The molecule has 0 spiro atoms. The molecule has 10 aromatic rings. The fourth-order valence-corrected chi connectivity index (χ4v) is 10.5. The third-order valence-electron chi connectivity index (χ3n) is 11.1. The zero-order valence-corrected chi connectivity index (χ0v) is 43.1. The first-order chi connectivity index (χ1) is 35.3. The van der Waals surface area contributed by atoms with Gasteiger partial charge in [0.15, 0.2) is 11.6 Å². The molecule has 0 fully saturated rings. The van der Waals surface area contributed by atoms with E-state index in [9.17, 15) is 35.2 Å². The largest absolute Gasteiger partial charge is 0.495 e. The minimum absolute atomic E-state index is 0. The lowest BCUT2D eigenvalue weighted by atomic mass is 10.0. The van der Waals surface area contributed by atoms with Crippen molar-refractivity contribution in [1.29, 1.82) is 0 Å². The summed E-state index contributed by atoms with van der Waals surface area (Å²) in [6, 6.07) is 29.3. The van der Waals surface area contributed by atoms with Gasteiger partial charge < -0.3 is 18.5 Å². The lowest BCUT2D eigenvalue weighted by Crippen LogP contribution is -2.19. The van der Waals surface area contributed by atoms with Gasteiger partial charge in [-0.3, -0.25) is 28.2 Å². The van der Waals surface area contributed by atoms with Crippen LogP contribution in [-0.4, -0.2) is 50.5 Å². The first kappa shape index (κ1) is 55.7. The molecule has 6 aromatic carbocycles. The lowest BCUT2D eigenvalue weighted by molar-refractivity contribution is 0.413. The number of aromatic nitrogens is 4. The monoisotopic (exact) mass is 1140 g/mol. The Morgan fingerprint density at radius 2 is 0.934 bits per heavy atom. The molecule has 0 aliphatic carbocycles. The van der Waals surface area contributed by atoms with Crippen molar-refractivity contribution in [3.05, 3.63) is 200 Å². The van der Waals surface area contributed by atoms with Crippen LogP contribution >= 0.6 is 33.1 Å². The highest BCUT2D eigenvalue weighted by atomic mass is 35.5. The number of fused-ring (bicyclic) bond motifs is 2. The Hall–Kier alpha value is -8.01. The van der Waals surface area contributed by atoms with Gasteiger partial charge in [-0.2, -0.15) is 9.90 Å². The second kappa shape index (κ2) is 22.5. The molecule has 2 N–H and O–H groups in total. The van der Waals surface area contributed by atoms with E-state index in [-0.39, 0.29) is 83.7 Å². The number of rotatable bonds is 12. The number of anilines is 2. The van der Waals surface area contributed by atoms with E-state index in [1.54, 1.807) is 12.1 Å². The molecule has 0 amide bonds. The van der Waals surface area contributed by atoms with Crippen molar-refractivity contribution >= 4 is 86.6 Å². The molecule has 10 rings (SSSR count). The molecule has 0 aliphatic rings. The second-order valence-corrected chi connectivity index (χ2v) is 19.8. The summed E-state index contributed by atoms with van der Waals surface area (Å²) in [5.74, 6) is -2.98. The molecule has 0 saturated heterocycles. The number of halogens is 6. The molecule has 1 unspecified atom stereocenters. The summed E-state index contributed by atoms with van der Waals surface area (Å²) in [6.07, 6.45) is 2.32. The molecule has 392 valence electrons. The van der Waals surface area contributed by atoms with E-state index in [1.165, 1.54) is 111 Å². The molecular weight excluding hydrogens is 1100 g/mol. The van der Waals surface area contributed by atoms with Crippen LogP contribution in [0.1, 0.15) is 7.43 Å². The zero-order valence-electron chi connectivity index (χ0n) is 38.5. The molecule has 0 aliphatic heterocycles. The summed E-state index contributed by atoms with van der Waals surface area (Å²) in [5, 5.41) is 7.78. The SMILES string of the molecule is C.COc1cc(-c2cccc(F)c2)c(Cl)cc1-n1c(=O)ccc2cc(S(=O)(=O)Nc3ccon3)c(F)cc21.COc1cc(-c2cccc(F)c2)c(Cl)cc1-n1c(=O)ccc2cc(S(=O)(=O)Nc3ccon3)c(F)cc21.P. The zero-order chi connectivity index (χ0) is 52.6. The number of ether oxygens (including phenoxy) is 2. The Bertz CT molecular complexity index is 3920. The first-order valence-corrected chi connectivity index (χ1v) is 24.9. The molecule has 0 radical (unpaired) electrons. The van der Waals surface area contributed by atoms with E-state index < -0.39 is 64.2 Å². The number of nitrogens with one attached hydrogen (secondary N) is 2. The van der Waals surface area contributed by atoms with Gasteiger partial charge in [0.2, 0.25) is 0 Å². The van der Waals surface area contributed by atoms with Gasteiger partial charge in [-0.15, -0.1) is 0 Å². The van der Waals surface area contributed by atoms with Crippen LogP contribution < -0.4 is 30.0 Å². The van der Waals surface area contributed by atoms with Gasteiger partial charge in [-0.25, -0.2) is 34.4 Å². The summed E-state index contributed by atoms with van der Waals surface area (Å²) >= 11 is 13.0. The van der Waals surface area contributed by atoms with Crippen LogP contribution in [0.15, 0.2) is 174 Å². The van der Waals surface area contributed by atoms with Crippen LogP contribution in [0.5, 0.6) is 11.5 Å². The molecule has 1 atom stereocenters. The molecular formula is C51H39Cl2F4N6O10PS2. The summed E-state index contributed by atoms with van der Waals surface area (Å²) in [4.78, 5) is 24.6. The highest BCUT2D eigenvalue weighted by Gasteiger charge is 2.26. The number of hydrogen-bond acceptors (Lipinski definition) is 12. The fourth-order valence-electron chi connectivity index (χ4n) is 7.82. The van der Waals surface area contributed by atoms with Gasteiger partial charge in [0, 0.05) is 58.3 Å². The number of methoxy groups -OCH3 is 2. The van der Waals surface area contributed by atoms with E-state index in [0.29, 0.717) is 22.3 Å². The van der Waals surface area contributed by atoms with Crippen molar-refractivity contribution in [2.75, 3.05) is 23.7 Å². The van der Waals surface area contributed by atoms with E-state index >= 15 is 8.78 Å². The van der Waals surface area contributed by atoms with Crippen LogP contribution in [0.2, 0.25) is 10.0 Å². The molecule has 0 saturated carbocycles. The summed E-state index contributed by atoms with van der Waals surface area (Å²) in [5.41, 5.74) is 1.28. The van der Waals surface area contributed by atoms with Crippen molar-refractivity contribution in [2.45, 2.75) is 17.2 Å². The maximum absolute atomic E-state index is 15.2. The van der Waals surface area contributed by atoms with E-state index in [1.807, 2.05) is 0 Å². The van der Waals surface area contributed by atoms with Gasteiger partial charge in [0.25, 0.3) is 31.2 Å². The molecule has 0 bridgehead atoms. The van der Waals surface area contributed by atoms with Crippen LogP contribution in [0.3, 0.4) is 0 Å². The third kappa shape index (κ3) is 11.2. The molecule has 4 heterocycles. The van der Waals surface area contributed by atoms with Crippen molar-refractivity contribution < 1.29 is 52.9 Å². The minimum atomic E-state index is -4.36. The Morgan fingerprint density at radius 3 is 1.28 bits per heavy atom. The Kier molecular flexibility index (Phi) is 16.5. The maximum atomic E-state index is 15.2. The number of sulfonamides is 2. The van der Waals surface area contributed by atoms with Gasteiger partial charge in [-0.1, -0.05) is 65.2 Å². The smallest absolute Gasteiger partial charge is 0.266 e. The van der Waals surface area contributed by atoms with Crippen LogP contribution in [0.25, 0.3) is 55.4 Å². The predicted octanol–water partition coefficient (Wildman–Crippen LogP) is 11.5. The number of hydrogen-bond donors (Lipinski definition) is 2. The average Bonchev–Trinajstić information content (AvgIpc) is 4.08. The first-order valence-electron chi connectivity index (χ1n) is 21.2. The molecule has 4 aromatic heterocycles. The van der Waals surface area contributed by atoms with Crippen molar-refractivity contribution in [3.63, 3.8) is 0 Å². The third-order valence-corrected chi connectivity index (χ3v) is 14.5. The summed E-state index contributed by atoms with van der Waals surface area (Å²) in [7, 11) is -5.98. The van der Waals surface area contributed by atoms with Gasteiger partial charge >= 0.3 is 0 Å². The van der Waals surface area contributed by atoms with Crippen molar-refractivity contribution in [3.8, 4) is 45.1 Å². The Balaban J connectivity index is 0.000000216. The van der Waals surface area contributed by atoms with E-state index in [4.69, 9.17) is 32.7 Å². The Labute approximate surface area is 442 Å². The topological polar surface area (TPSA) is 207 Å². The number of pyridine rings is 2. The lowest BCUT2D eigenvalue weighted by Gasteiger charge is -2.17.